The van der Waals surface area contributed by atoms with Gasteiger partial charge in [0.1, 0.15) is 0 Å². The molecule has 0 atom stereocenters. The van der Waals surface area contributed by atoms with E-state index in [9.17, 15) is 0 Å². The smallest absolute Gasteiger partial charge is 0.184 e. The lowest BCUT2D eigenvalue weighted by atomic mass is 10.3. The molecule has 1 saturated heterocycles. The molecule has 1 aliphatic heterocycles. The molecule has 0 aliphatic carbocycles. The summed E-state index contributed by atoms with van der Waals surface area (Å²) in [6, 6.07) is 2.11. The van der Waals surface area contributed by atoms with Gasteiger partial charge in [-0.1, -0.05) is 0 Å². The second kappa shape index (κ2) is 2.93. The van der Waals surface area contributed by atoms with Gasteiger partial charge in [-0.15, -0.1) is 11.3 Å². The van der Waals surface area contributed by atoms with Crippen molar-refractivity contribution < 1.29 is 9.47 Å². The normalized spacial score (nSPS) is 19.4. The lowest BCUT2D eigenvalue weighted by Crippen LogP contribution is -1.94. The fourth-order valence-corrected chi connectivity index (χ4v) is 1.84. The van der Waals surface area contributed by atoms with Gasteiger partial charge in [-0.2, -0.15) is 0 Å². The molecule has 0 aromatic carbocycles. The number of thiophene rings is 1. The maximum atomic E-state index is 5.34. The van der Waals surface area contributed by atoms with Crippen molar-refractivity contribution >= 4 is 11.3 Å². The summed E-state index contributed by atoms with van der Waals surface area (Å²) in [4.78, 5) is 1.30. The monoisotopic (exact) mass is 170 g/mol. The fourth-order valence-electron chi connectivity index (χ4n) is 1.14. The number of hydrogen-bond acceptors (Lipinski definition) is 3. The van der Waals surface area contributed by atoms with Gasteiger partial charge in [0.15, 0.2) is 6.29 Å². The average Bonchev–Trinajstić information content (AvgIpc) is 2.55. The van der Waals surface area contributed by atoms with Crippen LogP contribution in [0.2, 0.25) is 0 Å². The summed E-state index contributed by atoms with van der Waals surface area (Å²) in [5.74, 6) is 0. The average molecular weight is 170 g/mol. The fraction of sp³-hybridized carbons (Fsp3) is 0.500. The molecule has 60 valence electrons. The topological polar surface area (TPSA) is 18.5 Å². The van der Waals surface area contributed by atoms with Gasteiger partial charge >= 0.3 is 0 Å². The Labute approximate surface area is 69.8 Å². The van der Waals surface area contributed by atoms with Crippen LogP contribution in [-0.4, -0.2) is 13.2 Å². The Bertz CT molecular complexity index is 238. The highest BCUT2D eigenvalue weighted by molar-refractivity contribution is 7.10. The molecule has 2 rings (SSSR count). The van der Waals surface area contributed by atoms with Gasteiger partial charge in [0.25, 0.3) is 0 Å². The molecule has 1 fully saturated rings. The van der Waals surface area contributed by atoms with Crippen molar-refractivity contribution in [3.05, 3.63) is 21.9 Å². The van der Waals surface area contributed by atoms with E-state index in [4.69, 9.17) is 9.47 Å². The van der Waals surface area contributed by atoms with E-state index < -0.39 is 0 Å². The minimum atomic E-state index is -0.0973. The van der Waals surface area contributed by atoms with Crippen molar-refractivity contribution in [2.75, 3.05) is 13.2 Å². The molecule has 1 aromatic heterocycles. The van der Waals surface area contributed by atoms with Crippen LogP contribution in [-0.2, 0) is 9.47 Å². The van der Waals surface area contributed by atoms with E-state index in [2.05, 4.69) is 18.4 Å². The minimum absolute atomic E-state index is 0.0973. The predicted octanol–water partition coefficient (Wildman–Crippen LogP) is 2.10. The van der Waals surface area contributed by atoms with Crippen molar-refractivity contribution in [3.8, 4) is 0 Å². The third kappa shape index (κ3) is 1.45. The van der Waals surface area contributed by atoms with Crippen molar-refractivity contribution in [1.82, 2.24) is 0 Å². The highest BCUT2D eigenvalue weighted by Gasteiger charge is 2.18. The van der Waals surface area contributed by atoms with Gasteiger partial charge in [-0.3, -0.25) is 0 Å². The molecule has 0 N–H and O–H groups in total. The maximum absolute atomic E-state index is 5.34. The van der Waals surface area contributed by atoms with Crippen molar-refractivity contribution in [1.29, 1.82) is 0 Å². The standard InChI is InChI=1S/C8H10O2S/c1-6-4-7(5-11-6)8-9-2-3-10-8/h4-5,8H,2-3H2,1H3. The van der Waals surface area contributed by atoms with Crippen LogP contribution in [0.5, 0.6) is 0 Å². The molecule has 0 bridgehead atoms. The summed E-state index contributed by atoms with van der Waals surface area (Å²) in [5, 5.41) is 2.09. The first-order chi connectivity index (χ1) is 5.36. The van der Waals surface area contributed by atoms with Crippen LogP contribution in [0.25, 0.3) is 0 Å². The Morgan fingerprint density at radius 3 is 2.73 bits per heavy atom. The van der Waals surface area contributed by atoms with Crippen LogP contribution in [0.3, 0.4) is 0 Å². The first kappa shape index (κ1) is 7.28. The molecule has 0 unspecified atom stereocenters. The summed E-state index contributed by atoms with van der Waals surface area (Å²) in [5.41, 5.74) is 1.16. The third-order valence-corrected chi connectivity index (χ3v) is 2.52. The zero-order valence-corrected chi connectivity index (χ0v) is 7.19. The van der Waals surface area contributed by atoms with Crippen LogP contribution in [0.1, 0.15) is 16.7 Å². The molecule has 0 amide bonds. The van der Waals surface area contributed by atoms with Crippen LogP contribution in [0.4, 0.5) is 0 Å². The van der Waals surface area contributed by atoms with Crippen molar-refractivity contribution in [3.63, 3.8) is 0 Å². The molecule has 0 radical (unpaired) electrons. The van der Waals surface area contributed by atoms with E-state index >= 15 is 0 Å². The van der Waals surface area contributed by atoms with Gasteiger partial charge in [-0.05, 0) is 18.4 Å². The molecule has 2 heterocycles. The minimum Gasteiger partial charge on any atom is -0.346 e. The van der Waals surface area contributed by atoms with E-state index in [0.717, 1.165) is 18.8 Å². The third-order valence-electron chi connectivity index (χ3n) is 1.64. The highest BCUT2D eigenvalue weighted by Crippen LogP contribution is 2.26. The molecule has 2 nitrogen and oxygen atoms in total. The van der Waals surface area contributed by atoms with Crippen LogP contribution in [0, 0.1) is 6.92 Å². The SMILES string of the molecule is Cc1cc(C2OCCO2)cs1. The summed E-state index contributed by atoms with van der Waals surface area (Å²) < 4.78 is 10.7. The quantitative estimate of drug-likeness (QED) is 0.642. The molecular weight excluding hydrogens is 160 g/mol. The van der Waals surface area contributed by atoms with E-state index in [1.807, 2.05) is 0 Å². The number of rotatable bonds is 1. The lowest BCUT2D eigenvalue weighted by Gasteiger charge is -2.04. The van der Waals surface area contributed by atoms with Crippen LogP contribution >= 0.6 is 11.3 Å². The zero-order chi connectivity index (χ0) is 7.68. The summed E-state index contributed by atoms with van der Waals surface area (Å²) in [6.45, 7) is 3.53. The Morgan fingerprint density at radius 2 is 2.18 bits per heavy atom. The number of ether oxygens (including phenoxy) is 2. The second-order valence-electron chi connectivity index (χ2n) is 2.56. The number of aryl methyl sites for hydroxylation is 1. The zero-order valence-electron chi connectivity index (χ0n) is 6.37. The summed E-state index contributed by atoms with van der Waals surface area (Å²) >= 11 is 1.73. The first-order valence-corrected chi connectivity index (χ1v) is 4.52. The molecule has 1 aromatic rings. The molecular formula is C8H10O2S. The largest absolute Gasteiger partial charge is 0.346 e. The van der Waals surface area contributed by atoms with Crippen LogP contribution < -0.4 is 0 Å². The molecule has 0 saturated carbocycles. The summed E-state index contributed by atoms with van der Waals surface area (Å²) in [7, 11) is 0. The van der Waals surface area contributed by atoms with E-state index in [1.165, 1.54) is 4.88 Å². The number of hydrogen-bond donors (Lipinski definition) is 0. The summed E-state index contributed by atoms with van der Waals surface area (Å²) in [6.07, 6.45) is -0.0973. The Kier molecular flexibility index (Phi) is 1.94. The highest BCUT2D eigenvalue weighted by atomic mass is 32.1. The Balaban J connectivity index is 2.15. The van der Waals surface area contributed by atoms with Gasteiger partial charge in [0.2, 0.25) is 0 Å². The molecule has 1 aliphatic rings. The van der Waals surface area contributed by atoms with E-state index in [1.54, 1.807) is 11.3 Å². The van der Waals surface area contributed by atoms with Gasteiger partial charge in [0, 0.05) is 10.4 Å². The van der Waals surface area contributed by atoms with Gasteiger partial charge in [-0.25, -0.2) is 0 Å². The lowest BCUT2D eigenvalue weighted by molar-refractivity contribution is -0.0438. The Hall–Kier alpha value is -0.380. The molecule has 11 heavy (non-hydrogen) atoms. The molecule has 3 heteroatoms. The van der Waals surface area contributed by atoms with Gasteiger partial charge in [0.05, 0.1) is 13.2 Å². The maximum Gasteiger partial charge on any atom is 0.184 e. The van der Waals surface area contributed by atoms with Crippen LogP contribution in [0.15, 0.2) is 11.4 Å². The Morgan fingerprint density at radius 1 is 1.45 bits per heavy atom. The van der Waals surface area contributed by atoms with E-state index in [-0.39, 0.29) is 6.29 Å². The van der Waals surface area contributed by atoms with Crippen molar-refractivity contribution in [2.45, 2.75) is 13.2 Å². The molecule has 0 spiro atoms. The first-order valence-electron chi connectivity index (χ1n) is 3.64. The van der Waals surface area contributed by atoms with Crippen molar-refractivity contribution in [2.24, 2.45) is 0 Å². The van der Waals surface area contributed by atoms with E-state index in [0.29, 0.717) is 0 Å². The van der Waals surface area contributed by atoms with Gasteiger partial charge < -0.3 is 9.47 Å². The predicted molar refractivity (Wildman–Crippen MR) is 43.7 cm³/mol. The second-order valence-corrected chi connectivity index (χ2v) is 3.68.